The molecule has 0 saturated heterocycles. The molecule has 0 bridgehead atoms. The molecule has 0 amide bonds. The first-order valence-electron chi connectivity index (χ1n) is 15.0. The summed E-state index contributed by atoms with van der Waals surface area (Å²) in [5, 5.41) is 17.6. The Labute approximate surface area is 254 Å². The van der Waals surface area contributed by atoms with Crippen molar-refractivity contribution >= 4 is 0 Å². The average molecular weight is 659 g/mol. The highest BCUT2D eigenvalue weighted by molar-refractivity contribution is 5.60. The van der Waals surface area contributed by atoms with E-state index in [9.17, 15) is 0 Å². The van der Waals surface area contributed by atoms with Gasteiger partial charge < -0.3 is 44.2 Å². The lowest BCUT2D eigenvalue weighted by molar-refractivity contribution is -0.697. The van der Waals surface area contributed by atoms with Gasteiger partial charge in [0, 0.05) is 50.3 Å². The molecule has 0 atom stereocenters. The van der Waals surface area contributed by atoms with Gasteiger partial charge in [-0.3, -0.25) is 0 Å². The van der Waals surface area contributed by atoms with E-state index in [1.54, 1.807) is 0 Å². The maximum atomic E-state index is 8.81. The molecule has 6 heteroatoms. The zero-order valence-corrected chi connectivity index (χ0v) is 26.9. The number of aliphatic hydroxyl groups excluding tert-OH is 2. The highest BCUT2D eigenvalue weighted by Gasteiger charge is 2.06. The van der Waals surface area contributed by atoms with Crippen LogP contribution < -0.4 is 43.1 Å². The third-order valence-corrected chi connectivity index (χ3v) is 7.26. The Balaban J connectivity index is 0.00000684. The van der Waals surface area contributed by atoms with Gasteiger partial charge in [-0.05, 0) is 36.8 Å². The number of nitrogens with zero attached hydrogens (tertiary/aromatic N) is 2. The molecule has 4 nitrogen and oxygen atoms in total. The van der Waals surface area contributed by atoms with E-state index in [4.69, 9.17) is 10.2 Å². The minimum Gasteiger partial charge on any atom is -1.00 e. The molecule has 0 aliphatic carbocycles. The summed E-state index contributed by atoms with van der Waals surface area (Å²) in [5.74, 6) is 0. The summed E-state index contributed by atoms with van der Waals surface area (Å²) in [6.07, 6.45) is 31.6. The quantitative estimate of drug-likeness (QED) is 0.138. The molecular formula is C32H54Br2N2O2. The van der Waals surface area contributed by atoms with E-state index < -0.39 is 0 Å². The van der Waals surface area contributed by atoms with Crippen molar-refractivity contribution < 1.29 is 53.3 Å². The van der Waals surface area contributed by atoms with Crippen LogP contribution in [0.15, 0.2) is 49.1 Å². The predicted octanol–water partition coefficient (Wildman–Crippen LogP) is 0.943. The van der Waals surface area contributed by atoms with Crippen molar-refractivity contribution in [2.45, 2.75) is 129 Å². The van der Waals surface area contributed by atoms with Crippen molar-refractivity contribution in [1.82, 2.24) is 0 Å². The molecule has 0 saturated carbocycles. The van der Waals surface area contributed by atoms with Gasteiger partial charge in [-0.15, -0.1) is 0 Å². The summed E-state index contributed by atoms with van der Waals surface area (Å²) in [5.41, 5.74) is 2.58. The Bertz CT molecular complexity index is 692. The highest BCUT2D eigenvalue weighted by atomic mass is 79.9. The first kappa shape index (κ1) is 37.2. The normalized spacial score (nSPS) is 10.7. The molecule has 38 heavy (non-hydrogen) atoms. The van der Waals surface area contributed by atoms with Gasteiger partial charge in [0.05, 0.1) is 0 Å². The van der Waals surface area contributed by atoms with E-state index >= 15 is 0 Å². The molecule has 0 unspecified atom stereocenters. The number of unbranched alkanes of at least 4 members (excludes halogenated alkanes) is 16. The summed E-state index contributed by atoms with van der Waals surface area (Å²) in [6, 6.07) is 8.98. The lowest BCUT2D eigenvalue weighted by Gasteiger charge is -2.03. The Morgan fingerprint density at radius 3 is 0.868 bits per heavy atom. The van der Waals surface area contributed by atoms with Crippen LogP contribution in [0, 0.1) is 0 Å². The third kappa shape index (κ3) is 18.5. The second-order valence-electron chi connectivity index (χ2n) is 10.5. The molecule has 0 aromatic carbocycles. The van der Waals surface area contributed by atoms with E-state index in [-0.39, 0.29) is 34.0 Å². The van der Waals surface area contributed by atoms with Crippen LogP contribution in [0.4, 0.5) is 0 Å². The van der Waals surface area contributed by atoms with Gasteiger partial charge in [0.15, 0.2) is 24.8 Å². The first-order chi connectivity index (χ1) is 17.8. The molecule has 2 aromatic rings. The molecule has 0 aliphatic rings. The fourth-order valence-corrected chi connectivity index (χ4v) is 4.88. The zero-order valence-electron chi connectivity index (χ0n) is 23.7. The van der Waals surface area contributed by atoms with Crippen LogP contribution in [0.2, 0.25) is 0 Å². The van der Waals surface area contributed by atoms with Crippen molar-refractivity contribution in [2.24, 2.45) is 0 Å². The number of aromatic nitrogens is 2. The van der Waals surface area contributed by atoms with Crippen molar-refractivity contribution in [3.8, 4) is 11.1 Å². The Morgan fingerprint density at radius 2 is 0.605 bits per heavy atom. The topological polar surface area (TPSA) is 48.2 Å². The second-order valence-corrected chi connectivity index (χ2v) is 10.5. The fraction of sp³-hybridized carbons (Fsp3) is 0.688. The Kier molecular flexibility index (Phi) is 25.8. The molecule has 0 radical (unpaired) electrons. The van der Waals surface area contributed by atoms with Crippen molar-refractivity contribution in [1.29, 1.82) is 0 Å². The zero-order chi connectivity index (χ0) is 25.5. The van der Waals surface area contributed by atoms with Crippen LogP contribution in [0.1, 0.15) is 116 Å². The van der Waals surface area contributed by atoms with E-state index in [1.807, 2.05) is 0 Å². The summed E-state index contributed by atoms with van der Waals surface area (Å²) in [7, 11) is 0. The number of aryl methyl sites for hydroxylation is 2. The molecule has 0 spiro atoms. The molecular weight excluding hydrogens is 604 g/mol. The van der Waals surface area contributed by atoms with E-state index in [1.165, 1.54) is 114 Å². The molecule has 2 rings (SSSR count). The lowest BCUT2D eigenvalue weighted by atomic mass is 10.1. The largest absolute Gasteiger partial charge is 1.00 e. The molecule has 0 aliphatic heterocycles. The molecule has 0 fully saturated rings. The van der Waals surface area contributed by atoms with Gasteiger partial charge in [0.2, 0.25) is 0 Å². The summed E-state index contributed by atoms with van der Waals surface area (Å²) < 4.78 is 4.63. The highest BCUT2D eigenvalue weighted by Crippen LogP contribution is 2.16. The molecule has 2 heterocycles. The Hall–Kier alpha value is -0.820. The monoisotopic (exact) mass is 656 g/mol. The van der Waals surface area contributed by atoms with E-state index in [2.05, 4.69) is 58.2 Å². The smallest absolute Gasteiger partial charge is 0.169 e. The second kappa shape index (κ2) is 26.4. The summed E-state index contributed by atoms with van der Waals surface area (Å²) >= 11 is 0. The van der Waals surface area contributed by atoms with Gasteiger partial charge in [0.1, 0.15) is 13.1 Å². The number of hydrogen-bond acceptors (Lipinski definition) is 2. The van der Waals surface area contributed by atoms with Gasteiger partial charge in [-0.2, -0.15) is 0 Å². The van der Waals surface area contributed by atoms with Crippen LogP contribution in [0.3, 0.4) is 0 Å². The summed E-state index contributed by atoms with van der Waals surface area (Å²) in [4.78, 5) is 0. The van der Waals surface area contributed by atoms with Crippen LogP contribution in [-0.2, 0) is 13.1 Å². The van der Waals surface area contributed by atoms with Gasteiger partial charge in [0.25, 0.3) is 0 Å². The number of pyridine rings is 2. The average Bonchev–Trinajstić information content (AvgIpc) is 2.91. The minimum atomic E-state index is 0. The van der Waals surface area contributed by atoms with Crippen LogP contribution in [0.5, 0.6) is 0 Å². The van der Waals surface area contributed by atoms with Crippen LogP contribution in [-0.4, -0.2) is 23.4 Å². The van der Waals surface area contributed by atoms with Gasteiger partial charge >= 0.3 is 0 Å². The number of halogens is 2. The molecule has 2 aromatic heterocycles. The van der Waals surface area contributed by atoms with Crippen molar-refractivity contribution in [3.05, 3.63) is 49.1 Å². The number of hydrogen-bond donors (Lipinski definition) is 2. The standard InChI is InChI=1S/C32H54N2O2.2BrH/c35-29-17-13-9-5-1-3-7-11-15-23-33-25-19-31(20-26-33)32-21-27-34(28-22-32)24-16-12-8-4-2-6-10-14-18-30-36;;/h19-22,25-28,35-36H,1-18,23-24,29-30H2;2*1H/q+2;;/p-2. The first-order valence-corrected chi connectivity index (χ1v) is 15.0. The molecule has 2 N–H and O–H groups in total. The van der Waals surface area contributed by atoms with E-state index in [0.717, 1.165) is 25.9 Å². The van der Waals surface area contributed by atoms with Crippen LogP contribution >= 0.6 is 0 Å². The lowest BCUT2D eigenvalue weighted by Crippen LogP contribution is -3.00. The minimum absolute atomic E-state index is 0. The SMILES string of the molecule is OCCCCCCCCCCC[n+]1ccc(-c2cc[n+](CCCCCCCCCCCO)cc2)cc1.[Br-].[Br-]. The van der Waals surface area contributed by atoms with Crippen molar-refractivity contribution in [2.75, 3.05) is 13.2 Å². The maximum absolute atomic E-state index is 8.81. The Morgan fingerprint density at radius 1 is 0.368 bits per heavy atom. The predicted molar refractivity (Wildman–Crippen MR) is 150 cm³/mol. The van der Waals surface area contributed by atoms with Crippen molar-refractivity contribution in [3.63, 3.8) is 0 Å². The molecule has 218 valence electrons. The number of rotatable bonds is 23. The van der Waals surface area contributed by atoms with Gasteiger partial charge in [-0.1, -0.05) is 77.0 Å². The maximum Gasteiger partial charge on any atom is 0.169 e. The third-order valence-electron chi connectivity index (χ3n) is 7.26. The number of aliphatic hydroxyl groups is 2. The van der Waals surface area contributed by atoms with Crippen LogP contribution in [0.25, 0.3) is 11.1 Å². The summed E-state index contributed by atoms with van der Waals surface area (Å²) in [6.45, 7) is 2.91. The van der Waals surface area contributed by atoms with E-state index in [0.29, 0.717) is 13.2 Å². The fourth-order valence-electron chi connectivity index (χ4n) is 4.88. The van der Waals surface area contributed by atoms with Gasteiger partial charge in [-0.25, -0.2) is 9.13 Å².